The Kier molecular flexibility index (Phi) is 4.98. The predicted octanol–water partition coefficient (Wildman–Crippen LogP) is 3.32. The van der Waals surface area contributed by atoms with Crippen molar-refractivity contribution in [2.75, 3.05) is 6.54 Å². The minimum absolute atomic E-state index is 0.0807. The highest BCUT2D eigenvalue weighted by Crippen LogP contribution is 2.38. The lowest BCUT2D eigenvalue weighted by Crippen LogP contribution is -2.31. The number of carbonyl (C=O) groups is 2. The van der Waals surface area contributed by atoms with Crippen molar-refractivity contribution in [3.8, 4) is 0 Å². The quantitative estimate of drug-likeness (QED) is 0.819. The van der Waals surface area contributed by atoms with Crippen LogP contribution in [0.5, 0.6) is 0 Å². The van der Waals surface area contributed by atoms with E-state index >= 15 is 0 Å². The fourth-order valence-corrected chi connectivity index (χ4v) is 2.74. The number of nitrogens with zero attached hydrogens (tertiary/aromatic N) is 1. The second-order valence-corrected chi connectivity index (χ2v) is 5.98. The first kappa shape index (κ1) is 16.9. The molecule has 1 heterocycles. The lowest BCUT2D eigenvalue weighted by Gasteiger charge is -2.25. The largest absolute Gasteiger partial charge is 0.503 e. The number of ketones is 1. The van der Waals surface area contributed by atoms with Crippen molar-refractivity contribution < 1.29 is 19.1 Å². The van der Waals surface area contributed by atoms with Gasteiger partial charge in [-0.1, -0.05) is 32.1 Å². The molecule has 1 atom stereocenters. The summed E-state index contributed by atoms with van der Waals surface area (Å²) in [6, 6.07) is 4.86. The Bertz CT molecular complexity index is 661. The van der Waals surface area contributed by atoms with E-state index in [9.17, 15) is 19.1 Å². The molecule has 1 aliphatic rings. The zero-order valence-electron chi connectivity index (χ0n) is 13.3. The number of aliphatic hydroxyl groups excluding tert-OH is 1. The topological polar surface area (TPSA) is 57.6 Å². The average Bonchev–Trinajstić information content (AvgIpc) is 2.73. The molecule has 2 rings (SSSR count). The second kappa shape index (κ2) is 6.77. The van der Waals surface area contributed by atoms with Crippen LogP contribution in [0.1, 0.15) is 31.9 Å². The van der Waals surface area contributed by atoms with Crippen LogP contribution in [-0.2, 0) is 9.59 Å². The van der Waals surface area contributed by atoms with E-state index in [-0.39, 0.29) is 30.2 Å². The summed E-state index contributed by atoms with van der Waals surface area (Å²) in [6.07, 6.45) is 1.75. The molecule has 1 aromatic rings. The highest BCUT2D eigenvalue weighted by Gasteiger charge is 2.42. The van der Waals surface area contributed by atoms with E-state index < -0.39 is 23.5 Å². The molecule has 0 aliphatic carbocycles. The first-order valence-corrected chi connectivity index (χ1v) is 7.50. The summed E-state index contributed by atoms with van der Waals surface area (Å²) in [4.78, 5) is 26.2. The van der Waals surface area contributed by atoms with Crippen LogP contribution in [0.3, 0.4) is 0 Å². The molecule has 0 bridgehead atoms. The molecule has 5 heteroatoms. The molecular weight excluding hydrogens is 297 g/mol. The van der Waals surface area contributed by atoms with Gasteiger partial charge in [-0.05, 0) is 23.6 Å². The lowest BCUT2D eigenvalue weighted by molar-refractivity contribution is -0.128. The predicted molar refractivity (Wildman–Crippen MR) is 85.2 cm³/mol. The van der Waals surface area contributed by atoms with Gasteiger partial charge in [0.25, 0.3) is 5.91 Å². The second-order valence-electron chi connectivity index (χ2n) is 5.98. The minimum atomic E-state index is -0.715. The molecule has 122 valence electrons. The van der Waals surface area contributed by atoms with Gasteiger partial charge in [0.05, 0.1) is 11.6 Å². The van der Waals surface area contributed by atoms with Gasteiger partial charge in [0.15, 0.2) is 11.5 Å². The third-order valence-corrected chi connectivity index (χ3v) is 3.71. The van der Waals surface area contributed by atoms with Crippen molar-refractivity contribution >= 4 is 11.7 Å². The summed E-state index contributed by atoms with van der Waals surface area (Å²) in [5.41, 5.74) is 0.662. The van der Waals surface area contributed by atoms with Gasteiger partial charge in [0, 0.05) is 13.0 Å². The van der Waals surface area contributed by atoms with E-state index in [2.05, 4.69) is 6.58 Å². The van der Waals surface area contributed by atoms with Gasteiger partial charge in [-0.25, -0.2) is 4.39 Å². The van der Waals surface area contributed by atoms with Gasteiger partial charge in [-0.3, -0.25) is 9.59 Å². The molecule has 1 amide bonds. The highest BCUT2D eigenvalue weighted by molar-refractivity contribution is 6.09. The summed E-state index contributed by atoms with van der Waals surface area (Å²) in [5, 5.41) is 10.2. The van der Waals surface area contributed by atoms with Crippen molar-refractivity contribution in [3.63, 3.8) is 0 Å². The zero-order valence-corrected chi connectivity index (χ0v) is 13.3. The van der Waals surface area contributed by atoms with Crippen LogP contribution < -0.4 is 0 Å². The Hall–Kier alpha value is -2.43. The molecule has 0 radical (unpaired) electrons. The summed E-state index contributed by atoms with van der Waals surface area (Å²) in [6.45, 7) is 7.57. The van der Waals surface area contributed by atoms with E-state index in [1.165, 1.54) is 35.2 Å². The highest BCUT2D eigenvalue weighted by atomic mass is 19.1. The monoisotopic (exact) mass is 317 g/mol. The standard InChI is InChI=1S/C18H20FNO3/c1-4-9-20-16(12-5-7-13(19)8-6-12)15(17(22)18(20)23)14(21)10-11(2)3/h4-8,11,16,22H,1,9-10H2,2-3H3. The van der Waals surface area contributed by atoms with Gasteiger partial charge < -0.3 is 10.0 Å². The fraction of sp³-hybridized carbons (Fsp3) is 0.333. The molecule has 0 saturated heterocycles. The van der Waals surface area contributed by atoms with Crippen LogP contribution in [0.4, 0.5) is 4.39 Å². The lowest BCUT2D eigenvalue weighted by atomic mass is 9.92. The van der Waals surface area contributed by atoms with Gasteiger partial charge in [0.2, 0.25) is 0 Å². The minimum Gasteiger partial charge on any atom is -0.503 e. The smallest absolute Gasteiger partial charge is 0.290 e. The first-order chi connectivity index (χ1) is 10.9. The first-order valence-electron chi connectivity index (χ1n) is 7.50. The summed E-state index contributed by atoms with van der Waals surface area (Å²) in [5.74, 6) is -1.71. The Morgan fingerprint density at radius 2 is 2.00 bits per heavy atom. The van der Waals surface area contributed by atoms with Crippen molar-refractivity contribution in [2.45, 2.75) is 26.3 Å². The van der Waals surface area contributed by atoms with Gasteiger partial charge in [0.1, 0.15) is 5.82 Å². The van der Waals surface area contributed by atoms with Crippen molar-refractivity contribution in [3.05, 3.63) is 59.6 Å². The fourth-order valence-electron chi connectivity index (χ4n) is 2.74. The summed E-state index contributed by atoms with van der Waals surface area (Å²) in [7, 11) is 0. The van der Waals surface area contributed by atoms with Gasteiger partial charge >= 0.3 is 0 Å². The SMILES string of the molecule is C=CCN1C(=O)C(O)=C(C(=O)CC(C)C)C1c1ccc(F)cc1. The maximum Gasteiger partial charge on any atom is 0.290 e. The normalized spacial score (nSPS) is 18.0. The molecule has 1 aliphatic heterocycles. The van der Waals surface area contributed by atoms with Crippen LogP contribution >= 0.6 is 0 Å². The number of halogens is 1. The Morgan fingerprint density at radius 3 is 2.52 bits per heavy atom. The summed E-state index contributed by atoms with van der Waals surface area (Å²) >= 11 is 0. The Balaban J connectivity index is 2.50. The van der Waals surface area contributed by atoms with Crippen LogP contribution in [0.25, 0.3) is 0 Å². The molecule has 4 nitrogen and oxygen atoms in total. The van der Waals surface area contributed by atoms with E-state index in [1.807, 2.05) is 13.8 Å². The number of hydrogen-bond donors (Lipinski definition) is 1. The number of hydrogen-bond acceptors (Lipinski definition) is 3. The molecule has 1 N–H and O–H groups in total. The van der Waals surface area contributed by atoms with Crippen LogP contribution in [-0.4, -0.2) is 28.2 Å². The molecule has 0 spiro atoms. The maximum atomic E-state index is 13.2. The van der Waals surface area contributed by atoms with Crippen LogP contribution in [0.2, 0.25) is 0 Å². The number of aliphatic hydroxyl groups is 1. The van der Waals surface area contributed by atoms with E-state index in [1.54, 1.807) is 0 Å². The van der Waals surface area contributed by atoms with E-state index in [4.69, 9.17) is 0 Å². The van der Waals surface area contributed by atoms with Crippen LogP contribution in [0, 0.1) is 11.7 Å². The molecule has 0 fully saturated rings. The molecule has 1 unspecified atom stereocenters. The third kappa shape index (κ3) is 3.33. The van der Waals surface area contributed by atoms with Crippen molar-refractivity contribution in [2.24, 2.45) is 5.92 Å². The summed E-state index contributed by atoms with van der Waals surface area (Å²) < 4.78 is 13.2. The molecule has 1 aromatic carbocycles. The molecule has 0 saturated carbocycles. The van der Waals surface area contributed by atoms with Crippen LogP contribution in [0.15, 0.2) is 48.3 Å². The third-order valence-electron chi connectivity index (χ3n) is 3.71. The maximum absolute atomic E-state index is 13.2. The Labute approximate surface area is 134 Å². The van der Waals surface area contributed by atoms with Crippen molar-refractivity contribution in [1.82, 2.24) is 4.90 Å². The Morgan fingerprint density at radius 1 is 1.39 bits per heavy atom. The zero-order chi connectivity index (χ0) is 17.1. The average molecular weight is 317 g/mol. The number of amides is 1. The molecule has 23 heavy (non-hydrogen) atoms. The van der Waals surface area contributed by atoms with Gasteiger partial charge in [-0.15, -0.1) is 6.58 Å². The van der Waals surface area contributed by atoms with E-state index in [0.29, 0.717) is 5.56 Å². The number of benzene rings is 1. The molecular formula is C18H20FNO3. The number of Topliss-reactive ketones (excluding diaryl/α,β-unsaturated/α-hetero) is 1. The number of rotatable bonds is 6. The van der Waals surface area contributed by atoms with Gasteiger partial charge in [-0.2, -0.15) is 0 Å². The van der Waals surface area contributed by atoms with E-state index in [0.717, 1.165) is 0 Å². The number of carbonyl (C=O) groups excluding carboxylic acids is 2. The van der Waals surface area contributed by atoms with Crippen molar-refractivity contribution in [1.29, 1.82) is 0 Å². The molecule has 0 aromatic heterocycles.